The Bertz CT molecular complexity index is 1360. The van der Waals surface area contributed by atoms with Crippen molar-refractivity contribution in [2.24, 2.45) is 0 Å². The fourth-order valence-corrected chi connectivity index (χ4v) is 4.67. The second-order valence-electron chi connectivity index (χ2n) is 7.68. The lowest BCUT2D eigenvalue weighted by atomic mass is 9.97. The summed E-state index contributed by atoms with van der Waals surface area (Å²) in [4.78, 5) is 0.756. The van der Waals surface area contributed by atoms with Crippen LogP contribution in [-0.4, -0.2) is 19.8 Å². The second kappa shape index (κ2) is 8.04. The van der Waals surface area contributed by atoms with Crippen LogP contribution in [0.5, 0.6) is 0 Å². The first kappa shape index (κ1) is 19.6. The Hall–Kier alpha value is -3.38. The maximum absolute atomic E-state index is 14.9. The molecule has 2 aromatic heterocycles. The van der Waals surface area contributed by atoms with Gasteiger partial charge < -0.3 is 0 Å². The van der Waals surface area contributed by atoms with Crippen molar-refractivity contribution in [2.75, 3.05) is 0 Å². The number of benzene rings is 3. The average molecular weight is 429 g/mol. The molecular formula is C25H21FN4S. The van der Waals surface area contributed by atoms with Gasteiger partial charge in [0.05, 0.1) is 0 Å². The van der Waals surface area contributed by atoms with Gasteiger partial charge in [-0.05, 0) is 35.2 Å². The predicted octanol–water partition coefficient (Wildman–Crippen LogP) is 6.04. The van der Waals surface area contributed by atoms with Crippen molar-refractivity contribution < 1.29 is 4.39 Å². The lowest BCUT2D eigenvalue weighted by Gasteiger charge is -2.11. The first-order valence-electron chi connectivity index (χ1n) is 10.2. The number of hydrogen-bond donors (Lipinski definition) is 0. The van der Waals surface area contributed by atoms with Gasteiger partial charge in [-0.3, -0.25) is 0 Å². The fraction of sp³-hybridized carbons (Fsp3) is 0.160. The number of aromatic nitrogens is 4. The van der Waals surface area contributed by atoms with Crippen LogP contribution in [0.3, 0.4) is 0 Å². The molecule has 154 valence electrons. The Labute approximate surface area is 184 Å². The van der Waals surface area contributed by atoms with E-state index in [1.165, 1.54) is 22.5 Å². The van der Waals surface area contributed by atoms with Gasteiger partial charge >= 0.3 is 0 Å². The van der Waals surface area contributed by atoms with E-state index < -0.39 is 0 Å². The quantitative estimate of drug-likeness (QED) is 0.343. The smallest absolute Gasteiger partial charge is 0.206 e. The molecule has 0 N–H and O–H groups in total. The zero-order chi connectivity index (χ0) is 21.4. The lowest BCUT2D eigenvalue weighted by Crippen LogP contribution is -2.02. The number of aryl methyl sites for hydroxylation is 1. The van der Waals surface area contributed by atoms with Crippen molar-refractivity contribution in [2.45, 2.75) is 26.2 Å². The molecule has 0 aliphatic carbocycles. The lowest BCUT2D eigenvalue weighted by molar-refractivity contribution is 0.627. The number of rotatable bonds is 5. The minimum absolute atomic E-state index is 0.0441. The largest absolute Gasteiger partial charge is 0.234 e. The molecule has 0 saturated carbocycles. The highest BCUT2D eigenvalue weighted by molar-refractivity contribution is 7.16. The van der Waals surface area contributed by atoms with E-state index in [2.05, 4.69) is 29.3 Å². The van der Waals surface area contributed by atoms with Gasteiger partial charge in [-0.25, -0.2) is 4.39 Å². The van der Waals surface area contributed by atoms with Gasteiger partial charge in [0.25, 0.3) is 0 Å². The third-order valence-electron chi connectivity index (χ3n) is 5.63. The molecule has 0 amide bonds. The van der Waals surface area contributed by atoms with Gasteiger partial charge in [0.1, 0.15) is 10.8 Å². The van der Waals surface area contributed by atoms with Gasteiger partial charge in [0, 0.05) is 17.9 Å². The van der Waals surface area contributed by atoms with E-state index >= 15 is 0 Å². The Morgan fingerprint density at radius 2 is 1.74 bits per heavy atom. The molecule has 4 nitrogen and oxygen atoms in total. The van der Waals surface area contributed by atoms with Crippen molar-refractivity contribution in [1.82, 2.24) is 19.8 Å². The molecule has 31 heavy (non-hydrogen) atoms. The van der Waals surface area contributed by atoms with E-state index in [0.29, 0.717) is 12.0 Å². The zero-order valence-corrected chi connectivity index (χ0v) is 18.1. The van der Waals surface area contributed by atoms with E-state index in [0.717, 1.165) is 26.9 Å². The van der Waals surface area contributed by atoms with E-state index in [4.69, 9.17) is 5.10 Å². The molecule has 5 aromatic rings. The average Bonchev–Trinajstić information content (AvgIpc) is 3.37. The molecule has 0 spiro atoms. The molecule has 1 unspecified atom stereocenters. The molecule has 5 rings (SSSR count). The summed E-state index contributed by atoms with van der Waals surface area (Å²) < 4.78 is 16.7. The summed E-state index contributed by atoms with van der Waals surface area (Å²) in [5.74, 6) is 0.542. The summed E-state index contributed by atoms with van der Waals surface area (Å²) in [6.07, 6.45) is 0.672. The van der Waals surface area contributed by atoms with Crippen molar-refractivity contribution in [3.05, 3.63) is 106 Å². The molecule has 2 heterocycles. The van der Waals surface area contributed by atoms with E-state index in [1.807, 2.05) is 66.0 Å². The Balaban J connectivity index is 1.44. The first-order chi connectivity index (χ1) is 15.1. The SMILES string of the molecule is Cc1ccccc1Cc1nnc2sc(C(C)c3ccc(-c4ccccc4)c(F)c3)nn12. The van der Waals surface area contributed by atoms with Crippen molar-refractivity contribution in [3.8, 4) is 11.1 Å². The van der Waals surface area contributed by atoms with E-state index in [-0.39, 0.29) is 11.7 Å². The Morgan fingerprint density at radius 1 is 0.968 bits per heavy atom. The highest BCUT2D eigenvalue weighted by atomic mass is 32.1. The van der Waals surface area contributed by atoms with Gasteiger partial charge in [0.15, 0.2) is 5.82 Å². The third kappa shape index (κ3) is 3.75. The number of hydrogen-bond acceptors (Lipinski definition) is 4. The fourth-order valence-electron chi connectivity index (χ4n) is 3.73. The van der Waals surface area contributed by atoms with Gasteiger partial charge in [-0.2, -0.15) is 9.61 Å². The van der Waals surface area contributed by atoms with Crippen LogP contribution in [0.4, 0.5) is 4.39 Å². The van der Waals surface area contributed by atoms with Crippen LogP contribution in [0.15, 0.2) is 72.8 Å². The highest BCUT2D eigenvalue weighted by Gasteiger charge is 2.19. The molecule has 6 heteroatoms. The van der Waals surface area contributed by atoms with Crippen LogP contribution in [-0.2, 0) is 6.42 Å². The summed E-state index contributed by atoms with van der Waals surface area (Å²) in [5.41, 5.74) is 4.80. The molecular weight excluding hydrogens is 407 g/mol. The minimum atomic E-state index is -0.223. The summed E-state index contributed by atoms with van der Waals surface area (Å²) in [7, 11) is 0. The van der Waals surface area contributed by atoms with Crippen LogP contribution in [0.2, 0.25) is 0 Å². The Morgan fingerprint density at radius 3 is 2.52 bits per heavy atom. The minimum Gasteiger partial charge on any atom is -0.206 e. The number of fused-ring (bicyclic) bond motifs is 1. The maximum atomic E-state index is 14.9. The first-order valence-corrected chi connectivity index (χ1v) is 11.0. The van der Waals surface area contributed by atoms with Crippen LogP contribution in [0.1, 0.15) is 40.4 Å². The van der Waals surface area contributed by atoms with Crippen molar-refractivity contribution in [3.63, 3.8) is 0 Å². The molecule has 0 aliphatic heterocycles. The standard InChI is InChI=1S/C25H21FN4S/c1-16-8-6-7-11-19(16)15-23-27-28-25-30(23)29-24(31-25)17(2)20-12-13-21(22(26)14-20)18-9-4-3-5-10-18/h3-14,17H,15H2,1-2H3. The summed E-state index contributed by atoms with van der Waals surface area (Å²) in [5, 5.41) is 14.3. The van der Waals surface area contributed by atoms with Crippen LogP contribution >= 0.6 is 11.3 Å². The highest BCUT2D eigenvalue weighted by Crippen LogP contribution is 2.31. The topological polar surface area (TPSA) is 43.1 Å². The molecule has 0 fully saturated rings. The summed E-state index contributed by atoms with van der Waals surface area (Å²) in [6.45, 7) is 4.14. The monoisotopic (exact) mass is 428 g/mol. The number of nitrogens with zero attached hydrogens (tertiary/aromatic N) is 4. The third-order valence-corrected chi connectivity index (χ3v) is 6.71. The second-order valence-corrected chi connectivity index (χ2v) is 8.67. The molecule has 3 aromatic carbocycles. The van der Waals surface area contributed by atoms with Crippen LogP contribution in [0, 0.1) is 12.7 Å². The zero-order valence-electron chi connectivity index (χ0n) is 17.3. The van der Waals surface area contributed by atoms with Gasteiger partial charge in [-0.1, -0.05) is 85.0 Å². The predicted molar refractivity (Wildman–Crippen MR) is 122 cm³/mol. The molecule has 1 atom stereocenters. The van der Waals surface area contributed by atoms with E-state index in [1.54, 1.807) is 6.07 Å². The van der Waals surface area contributed by atoms with Gasteiger partial charge in [0.2, 0.25) is 4.96 Å². The molecule has 0 saturated heterocycles. The van der Waals surface area contributed by atoms with Crippen LogP contribution < -0.4 is 0 Å². The molecule has 0 bridgehead atoms. The summed E-state index contributed by atoms with van der Waals surface area (Å²) >= 11 is 1.50. The van der Waals surface area contributed by atoms with Gasteiger partial charge in [-0.15, -0.1) is 10.2 Å². The number of halogens is 1. The van der Waals surface area contributed by atoms with Crippen molar-refractivity contribution >= 4 is 16.3 Å². The molecule has 0 aliphatic rings. The van der Waals surface area contributed by atoms with E-state index in [9.17, 15) is 4.39 Å². The van der Waals surface area contributed by atoms with Crippen molar-refractivity contribution in [1.29, 1.82) is 0 Å². The maximum Gasteiger partial charge on any atom is 0.234 e. The summed E-state index contributed by atoms with van der Waals surface area (Å²) in [6, 6.07) is 23.3. The molecule has 0 radical (unpaired) electrons. The Kier molecular flexibility index (Phi) is 5.08. The normalized spacial score (nSPS) is 12.4. The van der Waals surface area contributed by atoms with Crippen LogP contribution in [0.25, 0.3) is 16.1 Å².